The highest BCUT2D eigenvalue weighted by Crippen LogP contribution is 2.36. The lowest BCUT2D eigenvalue weighted by molar-refractivity contribution is -0.138. The number of hydrogen-bond donors (Lipinski definition) is 0. The summed E-state index contributed by atoms with van der Waals surface area (Å²) >= 11 is 5.70. The van der Waals surface area contributed by atoms with Gasteiger partial charge in [-0.3, -0.25) is 9.36 Å². The molecule has 0 amide bonds. The molecular formula is C37H29FI2N2O5S. The molecule has 0 bridgehead atoms. The molecule has 0 N–H and O–H groups in total. The third kappa shape index (κ3) is 7.27. The van der Waals surface area contributed by atoms with Crippen molar-refractivity contribution in [3.8, 4) is 11.5 Å². The number of aromatic nitrogens is 1. The summed E-state index contributed by atoms with van der Waals surface area (Å²) in [5, 5.41) is 0. The van der Waals surface area contributed by atoms with E-state index in [9.17, 15) is 14.0 Å². The highest BCUT2D eigenvalue weighted by atomic mass is 127. The van der Waals surface area contributed by atoms with E-state index in [1.807, 2.05) is 79.7 Å². The molecule has 11 heteroatoms. The molecule has 0 saturated heterocycles. The molecule has 4 aromatic carbocycles. The summed E-state index contributed by atoms with van der Waals surface area (Å²) in [5.74, 6) is 0.569. The monoisotopic (exact) mass is 886 g/mol. The van der Waals surface area contributed by atoms with Crippen LogP contribution in [0.25, 0.3) is 11.8 Å². The third-order valence-corrected chi connectivity index (χ3v) is 10.1. The van der Waals surface area contributed by atoms with Gasteiger partial charge in [-0.1, -0.05) is 65.9 Å². The Hall–Kier alpha value is -3.82. The molecule has 1 aliphatic rings. The Bertz CT molecular complexity index is 2160. The predicted octanol–water partition coefficient (Wildman–Crippen LogP) is 7.26. The highest BCUT2D eigenvalue weighted by Gasteiger charge is 2.35. The summed E-state index contributed by atoms with van der Waals surface area (Å²) in [7, 11) is 0. The molecule has 1 aliphatic heterocycles. The summed E-state index contributed by atoms with van der Waals surface area (Å²) < 4.78 is 34.4. The van der Waals surface area contributed by atoms with E-state index in [0.29, 0.717) is 39.7 Å². The predicted molar refractivity (Wildman–Crippen MR) is 201 cm³/mol. The minimum atomic E-state index is -0.782. The molecule has 0 aliphatic carbocycles. The van der Waals surface area contributed by atoms with Crippen LogP contribution in [-0.2, 0) is 16.1 Å². The fourth-order valence-corrected chi connectivity index (χ4v) is 8.49. The molecule has 0 saturated carbocycles. The Labute approximate surface area is 307 Å². The number of halogens is 3. The number of carbonyl (C=O) groups excluding carboxylic acids is 1. The largest absolute Gasteiger partial charge is 0.494 e. The second-order valence-electron chi connectivity index (χ2n) is 10.7. The lowest BCUT2D eigenvalue weighted by Crippen LogP contribution is -2.40. The number of fused-ring (bicyclic) bond motifs is 1. The standard InChI is InChI=1S/C37H29FI2N2O5S/c1-3-45-27-16-12-25(13-17-27)33-31(36(44)46-4-2)32(24-8-6-5-7-9-24)41-37-42(33)35(43)30(48-37)20-23-18-28(39)34(29(40)19-23)47-21-22-10-14-26(38)15-11-22/h5-20,33H,3-4,21H2,1-2H3/b30-20-/t33-/m0/s1. The number of carbonyl (C=O) groups is 1. The molecule has 0 radical (unpaired) electrons. The Morgan fingerprint density at radius 1 is 0.938 bits per heavy atom. The van der Waals surface area contributed by atoms with Crippen molar-refractivity contribution in [3.05, 3.63) is 151 Å². The topological polar surface area (TPSA) is 79.1 Å². The van der Waals surface area contributed by atoms with Crippen LogP contribution in [0, 0.1) is 13.0 Å². The molecule has 48 heavy (non-hydrogen) atoms. The van der Waals surface area contributed by atoms with E-state index < -0.39 is 12.0 Å². The van der Waals surface area contributed by atoms with Crippen molar-refractivity contribution in [2.24, 2.45) is 4.99 Å². The summed E-state index contributed by atoms with van der Waals surface area (Å²) in [6, 6.07) is 26.2. The Morgan fingerprint density at radius 3 is 2.27 bits per heavy atom. The molecule has 0 unspecified atom stereocenters. The van der Waals surface area contributed by atoms with Crippen molar-refractivity contribution < 1.29 is 23.4 Å². The number of nitrogens with zero attached hydrogens (tertiary/aromatic N) is 2. The number of esters is 1. The third-order valence-electron chi connectivity index (χ3n) is 7.50. The van der Waals surface area contributed by atoms with Crippen molar-refractivity contribution in [2.75, 3.05) is 13.2 Å². The van der Waals surface area contributed by atoms with Crippen molar-refractivity contribution in [3.63, 3.8) is 0 Å². The van der Waals surface area contributed by atoms with Crippen LogP contribution in [0.15, 0.2) is 106 Å². The molecule has 0 spiro atoms. The summed E-state index contributed by atoms with van der Waals surface area (Å²) in [5.41, 5.74) is 3.62. The van der Waals surface area contributed by atoms with Crippen LogP contribution in [0.4, 0.5) is 4.39 Å². The normalized spacial score (nSPS) is 14.4. The van der Waals surface area contributed by atoms with Crippen LogP contribution in [0.1, 0.15) is 42.1 Å². The Kier molecular flexibility index (Phi) is 10.8. The van der Waals surface area contributed by atoms with E-state index in [4.69, 9.17) is 19.2 Å². The van der Waals surface area contributed by atoms with Crippen LogP contribution >= 0.6 is 56.5 Å². The van der Waals surface area contributed by atoms with Gasteiger partial charge in [0.25, 0.3) is 5.56 Å². The second kappa shape index (κ2) is 15.2. The average molecular weight is 887 g/mol. The number of ether oxygens (including phenoxy) is 3. The van der Waals surface area contributed by atoms with Gasteiger partial charge in [0.2, 0.25) is 0 Å². The number of benzene rings is 4. The van der Waals surface area contributed by atoms with Gasteiger partial charge in [0.1, 0.15) is 23.9 Å². The van der Waals surface area contributed by atoms with Gasteiger partial charge in [0.05, 0.1) is 42.2 Å². The van der Waals surface area contributed by atoms with E-state index in [1.54, 1.807) is 23.6 Å². The molecule has 6 rings (SSSR count). The smallest absolute Gasteiger partial charge is 0.338 e. The van der Waals surface area contributed by atoms with E-state index in [0.717, 1.165) is 29.4 Å². The van der Waals surface area contributed by atoms with Crippen molar-refractivity contribution in [2.45, 2.75) is 26.5 Å². The first-order valence-corrected chi connectivity index (χ1v) is 18.1. The molecule has 1 aromatic heterocycles. The van der Waals surface area contributed by atoms with Gasteiger partial charge in [0, 0.05) is 5.56 Å². The van der Waals surface area contributed by atoms with Crippen LogP contribution in [-0.4, -0.2) is 23.8 Å². The van der Waals surface area contributed by atoms with Crippen molar-refractivity contribution in [1.82, 2.24) is 4.57 Å². The van der Waals surface area contributed by atoms with Gasteiger partial charge < -0.3 is 14.2 Å². The second-order valence-corrected chi connectivity index (χ2v) is 14.0. The molecule has 7 nitrogen and oxygen atoms in total. The van der Waals surface area contributed by atoms with Crippen molar-refractivity contribution >= 4 is 74.3 Å². The van der Waals surface area contributed by atoms with Gasteiger partial charge >= 0.3 is 5.97 Å². The first-order valence-electron chi connectivity index (χ1n) is 15.1. The number of hydrogen-bond acceptors (Lipinski definition) is 7. The van der Waals surface area contributed by atoms with Crippen LogP contribution in [0.2, 0.25) is 0 Å². The fourth-order valence-electron chi connectivity index (χ4n) is 5.36. The van der Waals surface area contributed by atoms with Gasteiger partial charge in [0.15, 0.2) is 4.80 Å². The van der Waals surface area contributed by atoms with E-state index in [1.165, 1.54) is 23.5 Å². The zero-order valence-corrected chi connectivity index (χ0v) is 31.0. The first-order chi connectivity index (χ1) is 23.3. The van der Waals surface area contributed by atoms with Gasteiger partial charge in [-0.25, -0.2) is 14.2 Å². The SMILES string of the molecule is CCOC(=O)C1=C(c2ccccc2)N=c2s/c(=C\c3cc(I)c(OCc4ccc(F)cc4)c(I)c3)c(=O)n2[C@H]1c1ccc(OCC)cc1. The zero-order chi connectivity index (χ0) is 33.8. The molecular weight excluding hydrogens is 857 g/mol. The molecule has 1 atom stereocenters. The maximum atomic E-state index is 14.3. The van der Waals surface area contributed by atoms with Gasteiger partial charge in [-0.05, 0) is 118 Å². The molecule has 0 fully saturated rings. The van der Waals surface area contributed by atoms with Crippen molar-refractivity contribution in [1.29, 1.82) is 0 Å². The molecule has 2 heterocycles. The summed E-state index contributed by atoms with van der Waals surface area (Å²) in [4.78, 5) is 33.4. The lowest BCUT2D eigenvalue weighted by Gasteiger charge is -2.26. The Morgan fingerprint density at radius 2 is 1.62 bits per heavy atom. The minimum absolute atomic E-state index is 0.172. The lowest BCUT2D eigenvalue weighted by atomic mass is 9.93. The van der Waals surface area contributed by atoms with E-state index in [2.05, 4.69) is 45.2 Å². The zero-order valence-electron chi connectivity index (χ0n) is 25.9. The summed E-state index contributed by atoms with van der Waals surface area (Å²) in [6.45, 7) is 4.65. The number of rotatable bonds is 10. The Balaban J connectivity index is 1.47. The maximum Gasteiger partial charge on any atom is 0.338 e. The average Bonchev–Trinajstić information content (AvgIpc) is 3.39. The van der Waals surface area contributed by atoms with E-state index >= 15 is 0 Å². The summed E-state index contributed by atoms with van der Waals surface area (Å²) in [6.07, 6.45) is 1.84. The molecule has 244 valence electrons. The van der Waals surface area contributed by atoms with E-state index in [-0.39, 0.29) is 23.6 Å². The fraction of sp³-hybridized carbons (Fsp3) is 0.162. The molecule has 5 aromatic rings. The number of thiazole rings is 1. The van der Waals surface area contributed by atoms with Crippen LogP contribution < -0.4 is 24.4 Å². The first kappa shape index (κ1) is 34.1. The maximum absolute atomic E-state index is 14.3. The highest BCUT2D eigenvalue weighted by molar-refractivity contribution is 14.1. The van der Waals surface area contributed by atoms with Gasteiger partial charge in [-0.2, -0.15) is 0 Å². The van der Waals surface area contributed by atoms with Crippen LogP contribution in [0.5, 0.6) is 11.5 Å². The van der Waals surface area contributed by atoms with Gasteiger partial charge in [-0.15, -0.1) is 0 Å². The minimum Gasteiger partial charge on any atom is -0.494 e. The quantitative estimate of drug-likeness (QED) is 0.109. The van der Waals surface area contributed by atoms with Crippen LogP contribution in [0.3, 0.4) is 0 Å².